The van der Waals surface area contributed by atoms with E-state index in [1.807, 2.05) is 42.6 Å². The summed E-state index contributed by atoms with van der Waals surface area (Å²) < 4.78 is 0. The summed E-state index contributed by atoms with van der Waals surface area (Å²) in [6.07, 6.45) is 2.69. The second-order valence-electron chi connectivity index (χ2n) is 6.09. The summed E-state index contributed by atoms with van der Waals surface area (Å²) in [5, 5.41) is 7.73. The molecular formula is C21H26IN5S. The number of thiazole rings is 1. The van der Waals surface area contributed by atoms with Gasteiger partial charge in [0.05, 0.1) is 12.2 Å². The molecular weight excluding hydrogens is 481 g/mol. The molecule has 0 aliphatic rings. The number of benzene rings is 1. The van der Waals surface area contributed by atoms with Gasteiger partial charge >= 0.3 is 0 Å². The molecule has 5 nitrogen and oxygen atoms in total. The lowest BCUT2D eigenvalue weighted by molar-refractivity contribution is 0.789. The third-order valence-corrected chi connectivity index (χ3v) is 5.23. The van der Waals surface area contributed by atoms with Crippen LogP contribution in [-0.2, 0) is 13.0 Å². The van der Waals surface area contributed by atoms with E-state index in [4.69, 9.17) is 9.98 Å². The van der Waals surface area contributed by atoms with Crippen LogP contribution in [0.4, 0.5) is 0 Å². The molecule has 0 radical (unpaired) electrons. The fourth-order valence-corrected chi connectivity index (χ4v) is 3.62. The molecule has 0 bridgehead atoms. The SMILES string of the molecule is CCNC(=NCc1sc(-c2ccccc2)nc1C)NCCc1ccccn1.I. The lowest BCUT2D eigenvalue weighted by Gasteiger charge is -2.10. The third kappa shape index (κ3) is 6.56. The Hall–Kier alpha value is -2.00. The summed E-state index contributed by atoms with van der Waals surface area (Å²) in [5.74, 6) is 0.822. The number of hydrogen-bond acceptors (Lipinski definition) is 4. The molecule has 28 heavy (non-hydrogen) atoms. The van der Waals surface area contributed by atoms with Gasteiger partial charge in [0.1, 0.15) is 5.01 Å². The number of aryl methyl sites for hydroxylation is 1. The van der Waals surface area contributed by atoms with Crippen LogP contribution in [-0.4, -0.2) is 29.0 Å². The Morgan fingerprint density at radius 2 is 1.86 bits per heavy atom. The molecule has 0 fully saturated rings. The molecule has 3 aromatic rings. The largest absolute Gasteiger partial charge is 0.357 e. The lowest BCUT2D eigenvalue weighted by atomic mass is 10.2. The van der Waals surface area contributed by atoms with Crippen molar-refractivity contribution >= 4 is 41.3 Å². The van der Waals surface area contributed by atoms with E-state index in [2.05, 4.69) is 41.6 Å². The highest BCUT2D eigenvalue weighted by Gasteiger charge is 2.09. The molecule has 2 aromatic heterocycles. The molecule has 3 rings (SSSR count). The van der Waals surface area contributed by atoms with Crippen LogP contribution in [0.2, 0.25) is 0 Å². The van der Waals surface area contributed by atoms with Gasteiger partial charge in [0.15, 0.2) is 5.96 Å². The molecule has 0 aliphatic heterocycles. The molecule has 7 heteroatoms. The molecule has 0 spiro atoms. The molecule has 2 heterocycles. The van der Waals surface area contributed by atoms with E-state index in [-0.39, 0.29) is 24.0 Å². The molecule has 0 unspecified atom stereocenters. The van der Waals surface area contributed by atoms with Gasteiger partial charge < -0.3 is 10.6 Å². The van der Waals surface area contributed by atoms with Crippen molar-refractivity contribution < 1.29 is 0 Å². The summed E-state index contributed by atoms with van der Waals surface area (Å²) in [5.41, 5.74) is 3.28. The predicted molar refractivity (Wildman–Crippen MR) is 128 cm³/mol. The van der Waals surface area contributed by atoms with Crippen LogP contribution < -0.4 is 10.6 Å². The average molecular weight is 507 g/mol. The smallest absolute Gasteiger partial charge is 0.191 e. The van der Waals surface area contributed by atoms with Gasteiger partial charge in [-0.25, -0.2) is 9.98 Å². The minimum absolute atomic E-state index is 0. The van der Waals surface area contributed by atoms with Crippen molar-refractivity contribution in [1.29, 1.82) is 0 Å². The Balaban J connectivity index is 0.00000280. The second kappa shape index (κ2) is 11.8. The van der Waals surface area contributed by atoms with Crippen molar-refractivity contribution in [3.05, 3.63) is 71.0 Å². The number of aliphatic imine (C=N–C) groups is 1. The molecule has 0 aliphatic carbocycles. The lowest BCUT2D eigenvalue weighted by Crippen LogP contribution is -2.38. The number of aromatic nitrogens is 2. The van der Waals surface area contributed by atoms with Crippen LogP contribution in [0, 0.1) is 6.92 Å². The van der Waals surface area contributed by atoms with Crippen molar-refractivity contribution in [3.8, 4) is 10.6 Å². The Kier molecular flexibility index (Phi) is 9.36. The molecule has 0 atom stereocenters. The van der Waals surface area contributed by atoms with Crippen LogP contribution in [0.15, 0.2) is 59.7 Å². The summed E-state index contributed by atoms with van der Waals surface area (Å²) in [4.78, 5) is 15.0. The Morgan fingerprint density at radius 3 is 2.57 bits per heavy atom. The van der Waals surface area contributed by atoms with E-state index in [0.717, 1.165) is 47.4 Å². The highest BCUT2D eigenvalue weighted by molar-refractivity contribution is 14.0. The number of halogens is 1. The van der Waals surface area contributed by atoms with Crippen LogP contribution in [0.3, 0.4) is 0 Å². The van der Waals surface area contributed by atoms with Gasteiger partial charge in [-0.15, -0.1) is 35.3 Å². The Morgan fingerprint density at radius 1 is 1.07 bits per heavy atom. The fourth-order valence-electron chi connectivity index (χ4n) is 2.63. The van der Waals surface area contributed by atoms with Gasteiger partial charge in [-0.05, 0) is 26.0 Å². The molecule has 0 saturated heterocycles. The minimum Gasteiger partial charge on any atom is -0.357 e. The van der Waals surface area contributed by atoms with Crippen molar-refractivity contribution in [1.82, 2.24) is 20.6 Å². The normalized spacial score (nSPS) is 11.0. The van der Waals surface area contributed by atoms with Gasteiger partial charge in [0, 0.05) is 41.8 Å². The van der Waals surface area contributed by atoms with E-state index in [1.54, 1.807) is 11.3 Å². The number of guanidine groups is 1. The maximum absolute atomic E-state index is 4.73. The summed E-state index contributed by atoms with van der Waals surface area (Å²) >= 11 is 1.71. The maximum atomic E-state index is 4.73. The summed E-state index contributed by atoms with van der Waals surface area (Å²) in [7, 11) is 0. The number of nitrogens with one attached hydrogen (secondary N) is 2. The average Bonchev–Trinajstić information content (AvgIpc) is 3.08. The predicted octanol–water partition coefficient (Wildman–Crippen LogP) is 4.43. The first-order valence-electron chi connectivity index (χ1n) is 9.20. The molecule has 2 N–H and O–H groups in total. The van der Waals surface area contributed by atoms with E-state index >= 15 is 0 Å². The topological polar surface area (TPSA) is 62.2 Å². The van der Waals surface area contributed by atoms with Crippen molar-refractivity contribution in [3.63, 3.8) is 0 Å². The van der Waals surface area contributed by atoms with E-state index in [9.17, 15) is 0 Å². The van der Waals surface area contributed by atoms with Crippen LogP contribution in [0.25, 0.3) is 10.6 Å². The maximum Gasteiger partial charge on any atom is 0.191 e. The van der Waals surface area contributed by atoms with E-state index in [0.29, 0.717) is 6.54 Å². The first-order valence-corrected chi connectivity index (χ1v) is 10.0. The number of nitrogens with zero attached hydrogens (tertiary/aromatic N) is 3. The molecule has 148 valence electrons. The van der Waals surface area contributed by atoms with Gasteiger partial charge in [-0.3, -0.25) is 4.98 Å². The zero-order valence-corrected chi connectivity index (χ0v) is 19.3. The van der Waals surface area contributed by atoms with E-state index < -0.39 is 0 Å². The van der Waals surface area contributed by atoms with Gasteiger partial charge in [0.25, 0.3) is 0 Å². The van der Waals surface area contributed by atoms with Gasteiger partial charge in [0.2, 0.25) is 0 Å². The zero-order chi connectivity index (χ0) is 18.9. The number of hydrogen-bond donors (Lipinski definition) is 2. The number of pyridine rings is 1. The van der Waals surface area contributed by atoms with Crippen LogP contribution >= 0.6 is 35.3 Å². The highest BCUT2D eigenvalue weighted by Crippen LogP contribution is 2.28. The molecule has 0 amide bonds. The Bertz CT molecular complexity index is 865. The second-order valence-corrected chi connectivity index (χ2v) is 7.17. The van der Waals surface area contributed by atoms with Crippen molar-refractivity contribution in [2.24, 2.45) is 4.99 Å². The standard InChI is InChI=1S/C21H25N5S.HI/c1-3-22-21(24-14-12-18-11-7-8-13-23-18)25-15-19-16(2)26-20(27-19)17-9-5-4-6-10-17;/h4-11,13H,3,12,14-15H2,1-2H3,(H2,22,24,25);1H. The molecule has 1 aromatic carbocycles. The zero-order valence-electron chi connectivity index (χ0n) is 16.2. The van der Waals surface area contributed by atoms with E-state index in [1.165, 1.54) is 4.88 Å². The summed E-state index contributed by atoms with van der Waals surface area (Å²) in [6.45, 7) is 6.36. The highest BCUT2D eigenvalue weighted by atomic mass is 127. The minimum atomic E-state index is 0. The number of rotatable bonds is 7. The fraction of sp³-hybridized carbons (Fsp3) is 0.286. The summed E-state index contributed by atoms with van der Waals surface area (Å²) in [6, 6.07) is 16.3. The van der Waals surface area contributed by atoms with Gasteiger partial charge in [-0.1, -0.05) is 36.4 Å². The van der Waals surface area contributed by atoms with Crippen LogP contribution in [0.1, 0.15) is 23.2 Å². The van der Waals surface area contributed by atoms with Crippen molar-refractivity contribution in [2.45, 2.75) is 26.8 Å². The third-order valence-electron chi connectivity index (χ3n) is 4.04. The Labute approximate surface area is 187 Å². The van der Waals surface area contributed by atoms with Gasteiger partial charge in [-0.2, -0.15) is 0 Å². The first kappa shape index (κ1) is 22.3. The van der Waals surface area contributed by atoms with Crippen molar-refractivity contribution in [2.75, 3.05) is 13.1 Å². The van der Waals surface area contributed by atoms with Crippen LogP contribution in [0.5, 0.6) is 0 Å². The molecule has 0 saturated carbocycles. The first-order chi connectivity index (χ1) is 13.3. The quantitative estimate of drug-likeness (QED) is 0.282. The monoisotopic (exact) mass is 507 g/mol.